The summed E-state index contributed by atoms with van der Waals surface area (Å²) < 4.78 is 0. The van der Waals surface area contributed by atoms with Crippen molar-refractivity contribution in [2.45, 2.75) is 39.7 Å². The molecule has 0 radical (unpaired) electrons. The molecule has 23 heavy (non-hydrogen) atoms. The molecule has 2 rings (SSSR count). The van der Waals surface area contributed by atoms with E-state index in [0.717, 1.165) is 10.4 Å². The molecule has 124 valence electrons. The molecule has 0 bridgehead atoms. The van der Waals surface area contributed by atoms with Crippen LogP contribution in [0.15, 0.2) is 17.5 Å². The van der Waals surface area contributed by atoms with Gasteiger partial charge in [0.2, 0.25) is 0 Å². The quantitative estimate of drug-likeness (QED) is 0.711. The number of nitrogens with one attached hydrogen (secondary N) is 2. The molecule has 2 aromatic rings. The van der Waals surface area contributed by atoms with E-state index in [1.54, 1.807) is 13.8 Å². The lowest BCUT2D eigenvalue weighted by atomic mass is 10.0. The Morgan fingerprint density at radius 2 is 2.13 bits per heavy atom. The van der Waals surface area contributed by atoms with Gasteiger partial charge in [-0.1, -0.05) is 13.0 Å². The lowest BCUT2D eigenvalue weighted by molar-refractivity contribution is 0.0555. The maximum atomic E-state index is 12.5. The first-order valence-electron chi connectivity index (χ1n) is 7.54. The van der Waals surface area contributed by atoms with Crippen LogP contribution in [0.25, 0.3) is 0 Å². The van der Waals surface area contributed by atoms with Gasteiger partial charge in [0.1, 0.15) is 11.3 Å². The Labute approximate surface area is 139 Å². The number of ketones is 1. The Morgan fingerprint density at radius 1 is 1.43 bits per heavy atom. The molecule has 0 aliphatic rings. The van der Waals surface area contributed by atoms with Crippen molar-refractivity contribution in [3.8, 4) is 0 Å². The number of hydrogen-bond acceptors (Lipinski definition) is 4. The predicted octanol–water partition coefficient (Wildman–Crippen LogP) is 2.79. The van der Waals surface area contributed by atoms with Crippen molar-refractivity contribution < 1.29 is 14.7 Å². The molecule has 2 aromatic heterocycles. The van der Waals surface area contributed by atoms with Gasteiger partial charge in [0, 0.05) is 16.1 Å². The topological polar surface area (TPSA) is 82.2 Å². The van der Waals surface area contributed by atoms with Crippen molar-refractivity contribution in [1.82, 2.24) is 10.3 Å². The zero-order valence-electron chi connectivity index (χ0n) is 13.8. The van der Waals surface area contributed by atoms with Crippen LogP contribution in [0, 0.1) is 6.92 Å². The van der Waals surface area contributed by atoms with Crippen LogP contribution in [0.2, 0.25) is 0 Å². The van der Waals surface area contributed by atoms with E-state index in [1.807, 2.05) is 24.4 Å². The van der Waals surface area contributed by atoms with Crippen LogP contribution in [-0.4, -0.2) is 28.3 Å². The van der Waals surface area contributed by atoms with Crippen molar-refractivity contribution in [3.63, 3.8) is 0 Å². The molecule has 0 spiro atoms. The van der Waals surface area contributed by atoms with Gasteiger partial charge < -0.3 is 15.4 Å². The highest BCUT2D eigenvalue weighted by atomic mass is 32.1. The summed E-state index contributed by atoms with van der Waals surface area (Å²) in [7, 11) is 0. The Morgan fingerprint density at radius 3 is 2.65 bits per heavy atom. The number of rotatable bonds is 6. The third-order valence-corrected chi connectivity index (χ3v) is 4.99. The maximum absolute atomic E-state index is 12.5. The Kier molecular flexibility index (Phi) is 5.06. The first kappa shape index (κ1) is 17.4. The molecular formula is C17H22N2O3S. The summed E-state index contributed by atoms with van der Waals surface area (Å²) in [6.45, 7) is 6.96. The largest absolute Gasteiger partial charge is 0.383 e. The summed E-state index contributed by atoms with van der Waals surface area (Å²) in [5, 5.41) is 15.1. The molecule has 0 aliphatic carbocycles. The highest BCUT2D eigenvalue weighted by Gasteiger charge is 2.27. The molecule has 1 atom stereocenters. The van der Waals surface area contributed by atoms with E-state index in [0.29, 0.717) is 23.4 Å². The van der Waals surface area contributed by atoms with E-state index in [4.69, 9.17) is 0 Å². The molecule has 5 nitrogen and oxygen atoms in total. The van der Waals surface area contributed by atoms with E-state index in [2.05, 4.69) is 10.3 Å². The standard InChI is InChI=1S/C17H22N2O3S/c1-5-12-14(11(3)20)10(2)19-15(12)16(21)18-9-17(4,22)13-7-6-8-23-13/h6-8,19,22H,5,9H2,1-4H3,(H,18,21). The van der Waals surface area contributed by atoms with Crippen molar-refractivity contribution in [2.75, 3.05) is 6.54 Å². The summed E-state index contributed by atoms with van der Waals surface area (Å²) >= 11 is 1.44. The Hall–Kier alpha value is -1.92. The SMILES string of the molecule is CCc1c(C(=O)NCC(C)(O)c2cccs2)[nH]c(C)c1C(C)=O. The fourth-order valence-electron chi connectivity index (χ4n) is 2.71. The van der Waals surface area contributed by atoms with Gasteiger partial charge in [-0.15, -0.1) is 11.3 Å². The average Bonchev–Trinajstić information content (AvgIpc) is 3.12. The van der Waals surface area contributed by atoms with E-state index in [1.165, 1.54) is 18.3 Å². The van der Waals surface area contributed by atoms with Crippen molar-refractivity contribution in [2.24, 2.45) is 0 Å². The molecule has 0 aliphatic heterocycles. The number of aryl methyl sites for hydroxylation is 1. The number of H-pyrrole nitrogens is 1. The van der Waals surface area contributed by atoms with Gasteiger partial charge in [-0.25, -0.2) is 0 Å². The number of carbonyl (C=O) groups excluding carboxylic acids is 2. The normalized spacial score (nSPS) is 13.6. The van der Waals surface area contributed by atoms with Crippen LogP contribution < -0.4 is 5.32 Å². The molecule has 0 fully saturated rings. The van der Waals surface area contributed by atoms with Gasteiger partial charge in [0.25, 0.3) is 5.91 Å². The Bertz CT molecular complexity index is 715. The minimum Gasteiger partial charge on any atom is -0.383 e. The second-order valence-electron chi connectivity index (χ2n) is 5.82. The van der Waals surface area contributed by atoms with E-state index < -0.39 is 5.60 Å². The van der Waals surface area contributed by atoms with Crippen molar-refractivity contribution in [1.29, 1.82) is 0 Å². The average molecular weight is 334 g/mol. The number of carbonyl (C=O) groups is 2. The van der Waals surface area contributed by atoms with Crippen LogP contribution in [0.3, 0.4) is 0 Å². The maximum Gasteiger partial charge on any atom is 0.268 e. The van der Waals surface area contributed by atoms with Crippen molar-refractivity contribution in [3.05, 3.63) is 44.9 Å². The number of amides is 1. The Balaban J connectivity index is 2.19. The lowest BCUT2D eigenvalue weighted by Gasteiger charge is -2.22. The zero-order chi connectivity index (χ0) is 17.2. The molecule has 1 unspecified atom stereocenters. The highest BCUT2D eigenvalue weighted by molar-refractivity contribution is 7.10. The summed E-state index contributed by atoms with van der Waals surface area (Å²) in [4.78, 5) is 28.0. The third kappa shape index (κ3) is 3.54. The van der Waals surface area contributed by atoms with Gasteiger partial charge in [-0.2, -0.15) is 0 Å². The smallest absolute Gasteiger partial charge is 0.268 e. The fraction of sp³-hybridized carbons (Fsp3) is 0.412. The molecule has 2 heterocycles. The van der Waals surface area contributed by atoms with Crippen LogP contribution in [-0.2, 0) is 12.0 Å². The molecular weight excluding hydrogens is 312 g/mol. The molecule has 0 saturated carbocycles. The third-order valence-electron chi connectivity index (χ3n) is 3.87. The fourth-order valence-corrected chi connectivity index (χ4v) is 3.50. The first-order chi connectivity index (χ1) is 10.8. The molecule has 0 aromatic carbocycles. The van der Waals surface area contributed by atoms with Crippen molar-refractivity contribution >= 4 is 23.0 Å². The summed E-state index contributed by atoms with van der Waals surface area (Å²) in [6, 6.07) is 3.69. The van der Waals surface area contributed by atoms with Gasteiger partial charge in [-0.05, 0) is 44.2 Å². The molecule has 3 N–H and O–H groups in total. The number of hydrogen-bond donors (Lipinski definition) is 3. The van der Waals surface area contributed by atoms with Gasteiger partial charge in [0.15, 0.2) is 5.78 Å². The second-order valence-corrected chi connectivity index (χ2v) is 6.77. The highest BCUT2D eigenvalue weighted by Crippen LogP contribution is 2.25. The van der Waals surface area contributed by atoms with Gasteiger partial charge >= 0.3 is 0 Å². The predicted molar refractivity (Wildman–Crippen MR) is 91.1 cm³/mol. The number of Topliss-reactive ketones (excluding diaryl/α,β-unsaturated/α-hetero) is 1. The van der Waals surface area contributed by atoms with Crippen LogP contribution in [0.5, 0.6) is 0 Å². The molecule has 1 amide bonds. The first-order valence-corrected chi connectivity index (χ1v) is 8.42. The second kappa shape index (κ2) is 6.68. The monoisotopic (exact) mass is 334 g/mol. The minimum absolute atomic E-state index is 0.0553. The zero-order valence-corrected chi connectivity index (χ0v) is 14.6. The van der Waals surface area contributed by atoms with Gasteiger partial charge in [-0.3, -0.25) is 9.59 Å². The number of aromatic amines is 1. The van der Waals surface area contributed by atoms with E-state index in [9.17, 15) is 14.7 Å². The minimum atomic E-state index is -1.12. The van der Waals surface area contributed by atoms with Crippen LogP contribution in [0.1, 0.15) is 57.8 Å². The lowest BCUT2D eigenvalue weighted by Crippen LogP contribution is -2.38. The molecule has 0 saturated heterocycles. The summed E-state index contributed by atoms with van der Waals surface area (Å²) in [5.74, 6) is -0.366. The summed E-state index contributed by atoms with van der Waals surface area (Å²) in [5.41, 5.74) is 1.29. The number of thiophene rings is 1. The number of aliphatic hydroxyl groups is 1. The summed E-state index contributed by atoms with van der Waals surface area (Å²) in [6.07, 6.45) is 0.587. The van der Waals surface area contributed by atoms with Gasteiger partial charge in [0.05, 0.1) is 6.54 Å². The molecule has 6 heteroatoms. The van der Waals surface area contributed by atoms with E-state index in [-0.39, 0.29) is 18.2 Å². The van der Waals surface area contributed by atoms with E-state index >= 15 is 0 Å². The number of aromatic nitrogens is 1. The van der Waals surface area contributed by atoms with Crippen LogP contribution in [0.4, 0.5) is 0 Å². The van der Waals surface area contributed by atoms with Crippen LogP contribution >= 0.6 is 11.3 Å².